The van der Waals surface area contributed by atoms with Crippen LogP contribution in [0.4, 0.5) is 10.8 Å². The minimum absolute atomic E-state index is 0.0440. The number of likely N-dealkylation sites (tertiary alicyclic amines) is 1. The van der Waals surface area contributed by atoms with Crippen LogP contribution < -0.4 is 20.8 Å². The Bertz CT molecular complexity index is 1270. The molecule has 11 heteroatoms. The number of ether oxygens (including phenoxy) is 2. The number of benzene rings is 1. The predicted molar refractivity (Wildman–Crippen MR) is 154 cm³/mol. The minimum atomic E-state index is 0.0440. The number of fused-ring (bicyclic) bond motifs is 1. The van der Waals surface area contributed by atoms with E-state index in [-0.39, 0.29) is 12.3 Å². The van der Waals surface area contributed by atoms with Crippen LogP contribution in [-0.2, 0) is 11.2 Å². The smallest absolute Gasteiger partial charge is 0.188 e. The quantitative estimate of drug-likeness (QED) is 0.212. The molecule has 3 aliphatic heterocycles. The number of nitrogens with one attached hydrogen (secondary N) is 3. The van der Waals surface area contributed by atoms with Gasteiger partial charge in [-0.05, 0) is 57.3 Å². The molecule has 0 saturated carbocycles. The van der Waals surface area contributed by atoms with Crippen LogP contribution in [0.2, 0.25) is 0 Å². The van der Waals surface area contributed by atoms with Gasteiger partial charge in [0.05, 0.1) is 12.8 Å². The second kappa shape index (κ2) is 12.0. The summed E-state index contributed by atoms with van der Waals surface area (Å²) in [7, 11) is 0. The van der Waals surface area contributed by atoms with E-state index in [4.69, 9.17) is 9.47 Å². The molecular formula is C28H37N7O3S. The number of epoxide rings is 1. The number of para-hydroxylation sites is 1. The molecule has 2 saturated heterocycles. The Balaban J connectivity index is 0.994. The Morgan fingerprint density at radius 1 is 1.23 bits per heavy atom. The zero-order valence-electron chi connectivity index (χ0n) is 22.3. The van der Waals surface area contributed by atoms with Crippen LogP contribution in [0.25, 0.3) is 0 Å². The summed E-state index contributed by atoms with van der Waals surface area (Å²) >= 11 is 1.63. The largest absolute Gasteiger partial charge is 0.492 e. The van der Waals surface area contributed by atoms with E-state index in [1.54, 1.807) is 11.3 Å². The highest BCUT2D eigenvalue weighted by atomic mass is 32.1. The number of piperidine rings is 1. The molecule has 0 aliphatic carbocycles. The van der Waals surface area contributed by atoms with Gasteiger partial charge in [0.15, 0.2) is 17.2 Å². The fraction of sp³-hybridized carbons (Fsp3) is 0.500. The average Bonchev–Trinajstić information content (AvgIpc) is 3.37. The van der Waals surface area contributed by atoms with Crippen molar-refractivity contribution in [1.82, 2.24) is 14.6 Å². The summed E-state index contributed by atoms with van der Waals surface area (Å²) < 4.78 is 14.0. The van der Waals surface area contributed by atoms with Crippen LogP contribution in [-0.4, -0.2) is 77.4 Å². The SMILES string of the molecule is Cc1c(OCCCN2CCC(CO)CC2)cn2c1C(Nc1ncc(CC3OC3Nc3ccccc3)s1)=NCN2. The Kier molecular flexibility index (Phi) is 8.00. The summed E-state index contributed by atoms with van der Waals surface area (Å²) in [5.74, 6) is 2.14. The number of rotatable bonds is 11. The van der Waals surface area contributed by atoms with Gasteiger partial charge in [0.25, 0.3) is 0 Å². The van der Waals surface area contributed by atoms with Crippen molar-refractivity contribution < 1.29 is 14.6 Å². The molecule has 0 radical (unpaired) electrons. The number of aliphatic hydroxyl groups excluding tert-OH is 1. The van der Waals surface area contributed by atoms with Crippen molar-refractivity contribution in [2.75, 3.05) is 55.6 Å². The number of hydrogen-bond acceptors (Lipinski definition) is 10. The van der Waals surface area contributed by atoms with Gasteiger partial charge in [0.1, 0.15) is 24.2 Å². The molecule has 208 valence electrons. The van der Waals surface area contributed by atoms with Crippen LogP contribution in [0.15, 0.2) is 47.7 Å². The summed E-state index contributed by atoms with van der Waals surface area (Å²) in [6.45, 7) is 6.70. The minimum Gasteiger partial charge on any atom is -0.492 e. The molecule has 1 aromatic carbocycles. The second-order valence-electron chi connectivity index (χ2n) is 10.4. The van der Waals surface area contributed by atoms with Gasteiger partial charge in [-0.25, -0.2) is 9.98 Å². The Labute approximate surface area is 233 Å². The lowest BCUT2D eigenvalue weighted by Crippen LogP contribution is -2.35. The van der Waals surface area contributed by atoms with Crippen LogP contribution >= 0.6 is 11.3 Å². The first-order valence-corrected chi connectivity index (χ1v) is 14.6. The molecule has 0 amide bonds. The molecule has 2 aromatic heterocycles. The monoisotopic (exact) mass is 551 g/mol. The number of aliphatic hydroxyl groups is 1. The molecule has 2 atom stereocenters. The lowest BCUT2D eigenvalue weighted by Gasteiger charge is -2.30. The Hall–Kier alpha value is -3.12. The highest BCUT2D eigenvalue weighted by Gasteiger charge is 2.39. The van der Waals surface area contributed by atoms with E-state index in [0.29, 0.717) is 25.8 Å². The average molecular weight is 552 g/mol. The zero-order chi connectivity index (χ0) is 26.6. The van der Waals surface area contributed by atoms with Gasteiger partial charge in [-0.3, -0.25) is 4.68 Å². The highest BCUT2D eigenvalue weighted by molar-refractivity contribution is 7.15. The topological polar surface area (TPSA) is 112 Å². The number of aromatic nitrogens is 2. The molecule has 5 heterocycles. The van der Waals surface area contributed by atoms with E-state index in [1.807, 2.05) is 47.4 Å². The van der Waals surface area contributed by atoms with Gasteiger partial charge >= 0.3 is 0 Å². The zero-order valence-corrected chi connectivity index (χ0v) is 23.1. The van der Waals surface area contributed by atoms with Crippen LogP contribution in [0.5, 0.6) is 5.75 Å². The molecule has 2 fully saturated rings. The van der Waals surface area contributed by atoms with Gasteiger partial charge in [-0.15, -0.1) is 11.3 Å². The number of nitrogens with zero attached hydrogens (tertiary/aromatic N) is 4. The third-order valence-corrected chi connectivity index (χ3v) is 8.54. The van der Waals surface area contributed by atoms with Gasteiger partial charge in [-0.1, -0.05) is 18.2 Å². The lowest BCUT2D eigenvalue weighted by atomic mass is 9.98. The first kappa shape index (κ1) is 26.1. The number of aliphatic imine (C=N–C) groups is 1. The summed E-state index contributed by atoms with van der Waals surface area (Å²) in [5.41, 5.74) is 6.39. The van der Waals surface area contributed by atoms with Gasteiger partial charge in [0.2, 0.25) is 0 Å². The van der Waals surface area contributed by atoms with Crippen molar-refractivity contribution >= 4 is 28.0 Å². The fourth-order valence-corrected chi connectivity index (χ4v) is 6.10. The third kappa shape index (κ3) is 6.38. The van der Waals surface area contributed by atoms with E-state index in [1.165, 1.54) is 4.88 Å². The Morgan fingerprint density at radius 2 is 2.08 bits per heavy atom. The maximum absolute atomic E-state index is 9.33. The third-order valence-electron chi connectivity index (χ3n) is 7.60. The molecule has 2 unspecified atom stereocenters. The van der Waals surface area contributed by atoms with Crippen molar-refractivity contribution in [3.8, 4) is 5.75 Å². The summed E-state index contributed by atoms with van der Waals surface area (Å²) in [4.78, 5) is 12.9. The van der Waals surface area contributed by atoms with Crippen molar-refractivity contribution in [3.63, 3.8) is 0 Å². The molecular weight excluding hydrogens is 514 g/mol. The number of anilines is 2. The second-order valence-corrected chi connectivity index (χ2v) is 11.5. The van der Waals surface area contributed by atoms with Crippen molar-refractivity contribution in [2.24, 2.45) is 10.9 Å². The van der Waals surface area contributed by atoms with E-state index < -0.39 is 0 Å². The van der Waals surface area contributed by atoms with Gasteiger partial charge in [-0.2, -0.15) is 0 Å². The summed E-state index contributed by atoms with van der Waals surface area (Å²) in [6, 6.07) is 10.1. The van der Waals surface area contributed by atoms with Crippen LogP contribution in [0, 0.1) is 12.8 Å². The Morgan fingerprint density at radius 3 is 2.90 bits per heavy atom. The van der Waals surface area contributed by atoms with E-state index >= 15 is 0 Å². The first-order valence-electron chi connectivity index (χ1n) is 13.8. The van der Waals surface area contributed by atoms with Gasteiger partial charge < -0.3 is 35.5 Å². The molecule has 10 nitrogen and oxygen atoms in total. The first-order chi connectivity index (χ1) is 19.2. The fourth-order valence-electron chi connectivity index (χ4n) is 5.25. The highest BCUT2D eigenvalue weighted by Crippen LogP contribution is 2.31. The normalized spacial score (nSPS) is 21.1. The summed E-state index contributed by atoms with van der Waals surface area (Å²) in [6.07, 6.45) is 8.10. The van der Waals surface area contributed by atoms with Crippen LogP contribution in [0.3, 0.4) is 0 Å². The molecule has 4 N–H and O–H groups in total. The van der Waals surface area contributed by atoms with Crippen molar-refractivity contribution in [2.45, 2.75) is 44.9 Å². The van der Waals surface area contributed by atoms with Crippen molar-refractivity contribution in [1.29, 1.82) is 0 Å². The van der Waals surface area contributed by atoms with Crippen molar-refractivity contribution in [3.05, 3.63) is 58.9 Å². The van der Waals surface area contributed by atoms with E-state index in [0.717, 1.165) is 79.0 Å². The molecule has 3 aromatic rings. The standard InChI is InChI=1S/C28H37N7O3S/c1-19-24(37-13-5-10-34-11-8-20(17-36)9-12-34)16-35-25(19)26(30-18-31-35)33-28-29-15-22(39-28)14-23-27(38-23)32-21-6-3-2-4-7-21/h2-4,6-7,15-16,20,23,27,31-32,36H,5,8-14,17-18H2,1H3,(H,29,30,33). The molecule has 39 heavy (non-hydrogen) atoms. The maximum Gasteiger partial charge on any atom is 0.188 e. The summed E-state index contributed by atoms with van der Waals surface area (Å²) in [5, 5.41) is 17.0. The number of amidine groups is 1. The lowest BCUT2D eigenvalue weighted by molar-refractivity contribution is 0.126. The number of hydrogen-bond donors (Lipinski definition) is 4. The molecule has 0 spiro atoms. The van der Waals surface area contributed by atoms with E-state index in [2.05, 4.69) is 37.9 Å². The molecule has 3 aliphatic rings. The van der Waals surface area contributed by atoms with E-state index in [9.17, 15) is 5.11 Å². The van der Waals surface area contributed by atoms with Crippen LogP contribution in [0.1, 0.15) is 35.4 Å². The predicted octanol–water partition coefficient (Wildman–Crippen LogP) is 3.48. The molecule has 0 bridgehead atoms. The van der Waals surface area contributed by atoms with Gasteiger partial charge in [0, 0.05) is 41.9 Å². The number of thiazole rings is 1. The maximum atomic E-state index is 9.33. The molecule has 6 rings (SSSR count).